The van der Waals surface area contributed by atoms with Gasteiger partial charge in [0.25, 0.3) is 0 Å². The molecule has 10 rings (SSSR count). The Balaban J connectivity index is 1.26. The summed E-state index contributed by atoms with van der Waals surface area (Å²) in [5.41, 5.74) is 10.2. The fourth-order valence-corrected chi connectivity index (χ4v) is 7.43. The van der Waals surface area contributed by atoms with Gasteiger partial charge in [0.15, 0.2) is 0 Å². The Bertz CT molecular complexity index is 2700. The lowest BCUT2D eigenvalue weighted by atomic mass is 9.95. The van der Waals surface area contributed by atoms with Crippen LogP contribution in [0.5, 0.6) is 0 Å². The van der Waals surface area contributed by atoms with Crippen LogP contribution in [-0.4, -0.2) is 19.1 Å². The number of rotatable bonds is 3. The average Bonchev–Trinajstić information content (AvgIpc) is 3.64. The normalized spacial score (nSPS) is 11.9. The largest absolute Gasteiger partial charge is 0.309 e. The molecule has 214 valence electrons. The highest BCUT2D eigenvalue weighted by atomic mass is 15.0. The maximum atomic E-state index is 5.17. The molecule has 0 radical (unpaired) electrons. The highest BCUT2D eigenvalue weighted by Gasteiger charge is 2.17. The van der Waals surface area contributed by atoms with Crippen molar-refractivity contribution in [1.82, 2.24) is 19.1 Å². The van der Waals surface area contributed by atoms with Crippen molar-refractivity contribution in [1.29, 1.82) is 0 Å². The monoisotopic (exact) mass is 586 g/mol. The Morgan fingerprint density at radius 2 is 0.935 bits per heavy atom. The van der Waals surface area contributed by atoms with Crippen molar-refractivity contribution in [2.45, 2.75) is 0 Å². The van der Waals surface area contributed by atoms with Gasteiger partial charge in [0, 0.05) is 50.4 Å². The Morgan fingerprint density at radius 3 is 1.50 bits per heavy atom. The zero-order valence-electron chi connectivity index (χ0n) is 24.8. The van der Waals surface area contributed by atoms with Crippen LogP contribution in [0.3, 0.4) is 0 Å². The van der Waals surface area contributed by atoms with Crippen molar-refractivity contribution < 1.29 is 0 Å². The van der Waals surface area contributed by atoms with Gasteiger partial charge in [-0.2, -0.15) is 0 Å². The molecule has 0 atom stereocenters. The van der Waals surface area contributed by atoms with E-state index < -0.39 is 0 Å². The molecule has 10 aromatic rings. The summed E-state index contributed by atoms with van der Waals surface area (Å²) < 4.78 is 4.71. The maximum absolute atomic E-state index is 5.17. The lowest BCUT2D eigenvalue weighted by Crippen LogP contribution is -1.97. The minimum atomic E-state index is 0.992. The smallest absolute Gasteiger partial charge is 0.0782 e. The van der Waals surface area contributed by atoms with Crippen LogP contribution >= 0.6 is 0 Å². The van der Waals surface area contributed by atoms with Crippen LogP contribution in [0.4, 0.5) is 0 Å². The van der Waals surface area contributed by atoms with E-state index in [0.717, 1.165) is 44.2 Å². The highest BCUT2D eigenvalue weighted by Crippen LogP contribution is 2.39. The Hall–Kier alpha value is -6.26. The zero-order chi connectivity index (χ0) is 30.2. The molecule has 0 bridgehead atoms. The fourth-order valence-electron chi connectivity index (χ4n) is 7.43. The SMILES string of the molecule is c1ccc2c(c1)c1ccccc1n2-c1cnc2c(c1)cc(-c1ccncc1)c1cc(-n3c4ccccc4c4ccccc43)ccc12. The Labute approximate surface area is 264 Å². The number of hydrogen-bond donors (Lipinski definition) is 0. The number of fused-ring (bicyclic) bond motifs is 9. The van der Waals surface area contributed by atoms with Crippen LogP contribution in [0.15, 0.2) is 158 Å². The minimum Gasteiger partial charge on any atom is -0.309 e. The quantitative estimate of drug-likeness (QED) is 0.193. The third kappa shape index (κ3) is 3.55. The van der Waals surface area contributed by atoms with Gasteiger partial charge in [-0.15, -0.1) is 0 Å². The Morgan fingerprint density at radius 1 is 0.413 bits per heavy atom. The van der Waals surface area contributed by atoms with Crippen molar-refractivity contribution in [2.24, 2.45) is 0 Å². The summed E-state index contributed by atoms with van der Waals surface area (Å²) in [7, 11) is 0. The van der Waals surface area contributed by atoms with Gasteiger partial charge in [0.2, 0.25) is 0 Å². The van der Waals surface area contributed by atoms with Crippen LogP contribution in [-0.2, 0) is 0 Å². The first kappa shape index (κ1) is 25.1. The molecule has 0 saturated carbocycles. The van der Waals surface area contributed by atoms with Gasteiger partial charge in [0.05, 0.1) is 39.5 Å². The molecule has 0 aliphatic rings. The van der Waals surface area contributed by atoms with Gasteiger partial charge >= 0.3 is 0 Å². The van der Waals surface area contributed by atoms with Crippen molar-refractivity contribution in [2.75, 3.05) is 0 Å². The summed E-state index contributed by atoms with van der Waals surface area (Å²) >= 11 is 0. The third-order valence-electron chi connectivity index (χ3n) is 9.42. The molecule has 6 aromatic carbocycles. The van der Waals surface area contributed by atoms with Gasteiger partial charge in [-0.25, -0.2) is 0 Å². The summed E-state index contributed by atoms with van der Waals surface area (Å²) in [4.78, 5) is 9.49. The molecule has 4 aromatic heterocycles. The summed E-state index contributed by atoms with van der Waals surface area (Å²) in [6.45, 7) is 0. The highest BCUT2D eigenvalue weighted by molar-refractivity contribution is 6.15. The first-order valence-electron chi connectivity index (χ1n) is 15.6. The van der Waals surface area contributed by atoms with Gasteiger partial charge in [-0.3, -0.25) is 9.97 Å². The molecule has 46 heavy (non-hydrogen) atoms. The molecular formula is C42H26N4. The van der Waals surface area contributed by atoms with Crippen molar-refractivity contribution in [3.63, 3.8) is 0 Å². The third-order valence-corrected chi connectivity index (χ3v) is 9.42. The molecule has 4 heteroatoms. The molecule has 0 spiro atoms. The predicted octanol–water partition coefficient (Wildman–Crippen LogP) is 10.6. The second kappa shape index (κ2) is 9.62. The second-order valence-electron chi connectivity index (χ2n) is 11.9. The van der Waals surface area contributed by atoms with E-state index in [1.165, 1.54) is 43.6 Å². The molecule has 0 saturated heterocycles. The van der Waals surface area contributed by atoms with Crippen molar-refractivity contribution >= 4 is 65.3 Å². The topological polar surface area (TPSA) is 35.6 Å². The van der Waals surface area contributed by atoms with E-state index >= 15 is 0 Å². The molecule has 0 N–H and O–H groups in total. The molecule has 0 fully saturated rings. The van der Waals surface area contributed by atoms with E-state index in [2.05, 4.69) is 154 Å². The molecular weight excluding hydrogens is 560 g/mol. The summed E-state index contributed by atoms with van der Waals surface area (Å²) in [6.07, 6.45) is 5.76. The molecule has 0 aliphatic heterocycles. The molecule has 4 nitrogen and oxygen atoms in total. The van der Waals surface area contributed by atoms with E-state index in [1.807, 2.05) is 18.6 Å². The van der Waals surface area contributed by atoms with Gasteiger partial charge in [0.1, 0.15) is 0 Å². The summed E-state index contributed by atoms with van der Waals surface area (Å²) in [5, 5.41) is 8.38. The number of pyridine rings is 2. The van der Waals surface area contributed by atoms with Crippen LogP contribution in [0.1, 0.15) is 0 Å². The number of nitrogens with zero attached hydrogens (tertiary/aromatic N) is 4. The average molecular weight is 587 g/mol. The van der Waals surface area contributed by atoms with E-state index in [9.17, 15) is 0 Å². The standard InChI is InChI=1S/C42H26N4/c1-5-13-38-31(9-1)32-10-2-6-14-39(32)45(38)29-17-18-35-37(25-29)36(27-19-21-43-22-20-27)24-28-23-30(26-44-42(28)35)46-40-15-7-3-11-33(40)34-12-4-8-16-41(34)46/h1-26H. The predicted molar refractivity (Wildman–Crippen MR) is 191 cm³/mol. The first-order valence-corrected chi connectivity index (χ1v) is 15.6. The molecule has 4 heterocycles. The molecule has 0 aliphatic carbocycles. The van der Waals surface area contributed by atoms with Crippen molar-refractivity contribution in [3.8, 4) is 22.5 Å². The minimum absolute atomic E-state index is 0.992. The van der Waals surface area contributed by atoms with Crippen LogP contribution < -0.4 is 0 Å². The van der Waals surface area contributed by atoms with Crippen LogP contribution in [0.25, 0.3) is 87.8 Å². The van der Waals surface area contributed by atoms with E-state index in [4.69, 9.17) is 4.98 Å². The first-order chi connectivity index (χ1) is 22.8. The van der Waals surface area contributed by atoms with Crippen molar-refractivity contribution in [3.05, 3.63) is 158 Å². The Kier molecular flexibility index (Phi) is 5.25. The number of aromatic nitrogens is 4. The van der Waals surface area contributed by atoms with Gasteiger partial charge in [-0.05, 0) is 77.2 Å². The summed E-state index contributed by atoms with van der Waals surface area (Å²) in [6, 6.07) is 50.1. The maximum Gasteiger partial charge on any atom is 0.0782 e. The number of para-hydroxylation sites is 4. The van der Waals surface area contributed by atoms with Crippen LogP contribution in [0, 0.1) is 0 Å². The summed E-state index contributed by atoms with van der Waals surface area (Å²) in [5.74, 6) is 0. The van der Waals surface area contributed by atoms with E-state index in [0.29, 0.717) is 0 Å². The van der Waals surface area contributed by atoms with Gasteiger partial charge < -0.3 is 9.13 Å². The molecule has 0 unspecified atom stereocenters. The van der Waals surface area contributed by atoms with E-state index in [-0.39, 0.29) is 0 Å². The number of hydrogen-bond acceptors (Lipinski definition) is 2. The lowest BCUT2D eigenvalue weighted by molar-refractivity contribution is 1.16. The fraction of sp³-hybridized carbons (Fsp3) is 0. The second-order valence-corrected chi connectivity index (χ2v) is 11.9. The van der Waals surface area contributed by atoms with Crippen LogP contribution in [0.2, 0.25) is 0 Å². The van der Waals surface area contributed by atoms with Gasteiger partial charge in [-0.1, -0.05) is 78.9 Å². The van der Waals surface area contributed by atoms with E-state index in [1.54, 1.807) is 0 Å². The zero-order valence-corrected chi connectivity index (χ0v) is 24.8. The number of benzene rings is 6. The molecule has 0 amide bonds. The lowest BCUT2D eigenvalue weighted by Gasteiger charge is -2.15.